The maximum absolute atomic E-state index is 9.75. The monoisotopic (exact) mass is 492 g/mol. The Bertz CT molecular complexity index is 594. The Labute approximate surface area is 174 Å². The Morgan fingerprint density at radius 1 is 0.714 bits per heavy atom. The second-order valence-electron chi connectivity index (χ2n) is 4.58. The van der Waals surface area contributed by atoms with E-state index < -0.39 is 14.5 Å². The first kappa shape index (κ1) is 27.5. The summed E-state index contributed by atoms with van der Waals surface area (Å²) in [5, 5.41) is 4.36. The molecule has 2 aromatic rings. The average Bonchev–Trinajstić information content (AvgIpc) is 3.12. The lowest BCUT2D eigenvalue weighted by atomic mass is 10.3. The SMILES string of the molecule is CCSc1scc[n+]1CC[n+]1ccsc1SCC.F[B-](F)(F)F.F[B-](F)(F)F. The average molecular weight is 492 g/mol. The molecular weight excluding hydrogens is 474 g/mol. The van der Waals surface area contributed by atoms with Crippen LogP contribution in [0.5, 0.6) is 0 Å². The molecule has 0 amide bonds. The molecule has 0 fully saturated rings. The number of halogens is 8. The molecule has 0 unspecified atom stereocenters. The summed E-state index contributed by atoms with van der Waals surface area (Å²) in [6.07, 6.45) is 4.39. The van der Waals surface area contributed by atoms with Crippen LogP contribution in [0.3, 0.4) is 0 Å². The van der Waals surface area contributed by atoms with Gasteiger partial charge >= 0.3 is 14.5 Å². The third kappa shape index (κ3) is 16.5. The largest absolute Gasteiger partial charge is 0.673 e. The quantitative estimate of drug-likeness (QED) is 0.206. The van der Waals surface area contributed by atoms with E-state index >= 15 is 0 Å². The first-order chi connectivity index (χ1) is 12.8. The smallest absolute Gasteiger partial charge is 0.418 e. The Morgan fingerprint density at radius 2 is 1.00 bits per heavy atom. The Kier molecular flexibility index (Phi) is 13.5. The number of thioether (sulfide) groups is 2. The second kappa shape index (κ2) is 13.7. The molecule has 0 bridgehead atoms. The molecule has 28 heavy (non-hydrogen) atoms. The minimum absolute atomic E-state index is 1.06. The van der Waals surface area contributed by atoms with Crippen molar-refractivity contribution in [1.82, 2.24) is 0 Å². The first-order valence-electron chi connectivity index (χ1n) is 7.79. The fourth-order valence-electron chi connectivity index (χ4n) is 1.61. The van der Waals surface area contributed by atoms with E-state index in [0.29, 0.717) is 0 Å². The van der Waals surface area contributed by atoms with E-state index in [2.05, 4.69) is 46.1 Å². The molecule has 0 N–H and O–H groups in total. The van der Waals surface area contributed by atoms with Gasteiger partial charge in [0.15, 0.2) is 12.4 Å². The van der Waals surface area contributed by atoms with Crippen LogP contribution in [-0.2, 0) is 13.1 Å². The third-order valence-corrected chi connectivity index (χ3v) is 6.62. The van der Waals surface area contributed by atoms with Crippen molar-refractivity contribution in [3.8, 4) is 0 Å². The van der Waals surface area contributed by atoms with Gasteiger partial charge in [0.05, 0.1) is 10.8 Å². The topological polar surface area (TPSA) is 7.76 Å². The molecular formula is C12H18B2F8N2S4. The van der Waals surface area contributed by atoms with Crippen molar-refractivity contribution in [3.63, 3.8) is 0 Å². The van der Waals surface area contributed by atoms with E-state index in [1.165, 1.54) is 8.68 Å². The molecule has 0 spiro atoms. The molecule has 2 rings (SSSR count). The summed E-state index contributed by atoms with van der Waals surface area (Å²) >= 11 is 7.54. The van der Waals surface area contributed by atoms with Crippen LogP contribution in [0.1, 0.15) is 13.8 Å². The van der Waals surface area contributed by atoms with E-state index in [0.717, 1.165) is 24.6 Å². The molecule has 0 atom stereocenters. The first-order valence-corrected chi connectivity index (χ1v) is 11.5. The fourth-order valence-corrected chi connectivity index (χ4v) is 5.55. The highest BCUT2D eigenvalue weighted by Crippen LogP contribution is 2.19. The van der Waals surface area contributed by atoms with Crippen LogP contribution in [0.4, 0.5) is 34.5 Å². The summed E-state index contributed by atoms with van der Waals surface area (Å²) in [4.78, 5) is 0. The summed E-state index contributed by atoms with van der Waals surface area (Å²) < 4.78 is 85.6. The molecule has 0 saturated carbocycles. The van der Waals surface area contributed by atoms with E-state index in [1.54, 1.807) is 0 Å². The van der Waals surface area contributed by atoms with Crippen molar-refractivity contribution in [2.45, 2.75) is 35.6 Å². The van der Waals surface area contributed by atoms with Gasteiger partial charge in [-0.1, -0.05) is 36.5 Å². The van der Waals surface area contributed by atoms with Crippen LogP contribution in [0.2, 0.25) is 0 Å². The van der Waals surface area contributed by atoms with Gasteiger partial charge in [-0.3, -0.25) is 0 Å². The van der Waals surface area contributed by atoms with Crippen molar-refractivity contribution >= 4 is 60.7 Å². The van der Waals surface area contributed by atoms with Gasteiger partial charge in [-0.15, -0.1) is 0 Å². The van der Waals surface area contributed by atoms with Crippen molar-refractivity contribution < 1.29 is 43.7 Å². The maximum atomic E-state index is 9.75. The molecule has 2 aromatic heterocycles. The van der Waals surface area contributed by atoms with Crippen LogP contribution >= 0.6 is 46.2 Å². The lowest BCUT2D eigenvalue weighted by Crippen LogP contribution is -2.44. The van der Waals surface area contributed by atoms with Crippen LogP contribution in [0.15, 0.2) is 31.8 Å². The van der Waals surface area contributed by atoms with Gasteiger partial charge < -0.3 is 34.5 Å². The molecule has 162 valence electrons. The minimum atomic E-state index is -6.00. The van der Waals surface area contributed by atoms with Crippen LogP contribution in [0, 0.1) is 0 Å². The number of hydrogen-bond donors (Lipinski definition) is 0. The van der Waals surface area contributed by atoms with Crippen LogP contribution < -0.4 is 9.13 Å². The number of nitrogens with zero attached hydrogens (tertiary/aromatic N) is 2. The molecule has 0 radical (unpaired) electrons. The Balaban J connectivity index is 0.000000607. The zero-order valence-corrected chi connectivity index (χ0v) is 18.1. The number of aryl methyl sites for hydroxylation is 2. The predicted octanol–water partition coefficient (Wildman–Crippen LogP) is 5.91. The van der Waals surface area contributed by atoms with E-state index in [4.69, 9.17) is 0 Å². The Hall–Kier alpha value is -0.470. The highest BCUT2D eigenvalue weighted by atomic mass is 32.2. The van der Waals surface area contributed by atoms with Gasteiger partial charge in [0.1, 0.15) is 0 Å². The van der Waals surface area contributed by atoms with E-state index in [9.17, 15) is 34.5 Å². The number of hydrogen-bond acceptors (Lipinski definition) is 4. The van der Waals surface area contributed by atoms with Crippen LogP contribution in [-0.4, -0.2) is 26.0 Å². The number of rotatable bonds is 7. The standard InChI is InChI=1S/C12H18N2S4.2BF4/c1-3-15-11-13(7-9-17-11)5-6-14-8-10-18-12(14)16-4-2;2*2-1(3,4)5/h7-10H,3-6H2,1-2H3;;/q+2;2*-1. The van der Waals surface area contributed by atoms with Gasteiger partial charge in [0.2, 0.25) is 13.1 Å². The van der Waals surface area contributed by atoms with Crippen molar-refractivity contribution in [2.75, 3.05) is 11.5 Å². The summed E-state index contributed by atoms with van der Waals surface area (Å²) in [6, 6.07) is 0. The molecule has 0 saturated heterocycles. The number of thiazole rings is 2. The summed E-state index contributed by atoms with van der Waals surface area (Å²) in [7, 11) is -12.0. The number of aromatic nitrogens is 2. The van der Waals surface area contributed by atoms with E-state index in [1.807, 2.05) is 46.2 Å². The van der Waals surface area contributed by atoms with Gasteiger partial charge in [-0.05, 0) is 23.5 Å². The zero-order valence-electron chi connectivity index (χ0n) is 14.8. The minimum Gasteiger partial charge on any atom is -0.418 e. The van der Waals surface area contributed by atoms with Gasteiger partial charge in [-0.25, -0.2) is 0 Å². The third-order valence-electron chi connectivity index (χ3n) is 2.41. The van der Waals surface area contributed by atoms with Gasteiger partial charge in [-0.2, -0.15) is 9.13 Å². The molecule has 0 aliphatic heterocycles. The van der Waals surface area contributed by atoms with Gasteiger partial charge in [0, 0.05) is 11.5 Å². The van der Waals surface area contributed by atoms with Crippen LogP contribution in [0.25, 0.3) is 0 Å². The highest BCUT2D eigenvalue weighted by molar-refractivity contribution is 8.01. The van der Waals surface area contributed by atoms with Crippen molar-refractivity contribution in [1.29, 1.82) is 0 Å². The van der Waals surface area contributed by atoms with Gasteiger partial charge in [0.25, 0.3) is 8.68 Å². The maximum Gasteiger partial charge on any atom is 0.673 e. The molecule has 16 heteroatoms. The predicted molar refractivity (Wildman–Crippen MR) is 102 cm³/mol. The fraction of sp³-hybridized carbons (Fsp3) is 0.500. The lowest BCUT2D eigenvalue weighted by Gasteiger charge is -1.96. The molecule has 0 aliphatic carbocycles. The normalized spacial score (nSPS) is 11.4. The zero-order chi connectivity index (χ0) is 21.8. The van der Waals surface area contributed by atoms with E-state index in [-0.39, 0.29) is 0 Å². The Morgan fingerprint density at radius 3 is 1.25 bits per heavy atom. The second-order valence-corrected chi connectivity index (χ2v) is 9.39. The summed E-state index contributed by atoms with van der Waals surface area (Å²) in [5.41, 5.74) is 0. The molecule has 0 aromatic carbocycles. The molecule has 2 heterocycles. The molecule has 0 aliphatic rings. The highest BCUT2D eigenvalue weighted by Gasteiger charge is 2.21. The van der Waals surface area contributed by atoms with Crippen molar-refractivity contribution in [2.24, 2.45) is 0 Å². The summed E-state index contributed by atoms with van der Waals surface area (Å²) in [6.45, 7) is 6.53. The summed E-state index contributed by atoms with van der Waals surface area (Å²) in [5.74, 6) is 2.28. The molecule has 2 nitrogen and oxygen atoms in total. The van der Waals surface area contributed by atoms with Crippen molar-refractivity contribution in [3.05, 3.63) is 23.2 Å². The lowest BCUT2D eigenvalue weighted by molar-refractivity contribution is -0.805.